The summed E-state index contributed by atoms with van der Waals surface area (Å²) in [6.07, 6.45) is 12.2. The molecule has 23 heavy (non-hydrogen) atoms. The van der Waals surface area contributed by atoms with Crippen molar-refractivity contribution < 1.29 is 4.79 Å². The summed E-state index contributed by atoms with van der Waals surface area (Å²) >= 11 is 1.98. The van der Waals surface area contributed by atoms with Gasteiger partial charge < -0.3 is 10.2 Å². The van der Waals surface area contributed by atoms with Gasteiger partial charge in [-0.15, -0.1) is 0 Å². The van der Waals surface area contributed by atoms with E-state index in [9.17, 15) is 4.79 Å². The Labute approximate surface area is 144 Å². The number of fused-ring (bicyclic) bond motifs is 2. The number of rotatable bonds is 4. The van der Waals surface area contributed by atoms with Crippen molar-refractivity contribution in [2.24, 2.45) is 23.7 Å². The molecule has 0 aromatic rings. The van der Waals surface area contributed by atoms with Crippen LogP contribution in [0.4, 0.5) is 0 Å². The summed E-state index contributed by atoms with van der Waals surface area (Å²) in [6.45, 7) is 3.14. The molecule has 4 aliphatic rings. The molecule has 1 amide bonds. The first-order valence-corrected chi connectivity index (χ1v) is 10.7. The minimum Gasteiger partial charge on any atom is -0.341 e. The lowest BCUT2D eigenvalue weighted by atomic mass is 9.84. The first-order chi connectivity index (χ1) is 11.3. The van der Waals surface area contributed by atoms with Crippen LogP contribution in [0.5, 0.6) is 0 Å². The van der Waals surface area contributed by atoms with Crippen LogP contribution in [0.2, 0.25) is 0 Å². The summed E-state index contributed by atoms with van der Waals surface area (Å²) in [4.78, 5) is 14.7. The van der Waals surface area contributed by atoms with Crippen LogP contribution in [0.1, 0.15) is 38.5 Å². The van der Waals surface area contributed by atoms with E-state index in [1.807, 2.05) is 11.8 Å². The molecule has 3 aliphatic carbocycles. The Morgan fingerprint density at radius 2 is 1.87 bits per heavy atom. The monoisotopic (exact) mass is 334 g/mol. The largest absolute Gasteiger partial charge is 0.341 e. The maximum Gasteiger partial charge on any atom is 0.225 e. The summed E-state index contributed by atoms with van der Waals surface area (Å²) in [5.41, 5.74) is 0. The van der Waals surface area contributed by atoms with Crippen molar-refractivity contribution in [3.63, 3.8) is 0 Å². The molecule has 3 nitrogen and oxygen atoms in total. The molecule has 2 bridgehead atoms. The Bertz CT molecular complexity index is 452. The Hall–Kier alpha value is -0.480. The van der Waals surface area contributed by atoms with Gasteiger partial charge in [-0.25, -0.2) is 0 Å². The van der Waals surface area contributed by atoms with Gasteiger partial charge in [-0.05, 0) is 62.8 Å². The molecule has 4 heteroatoms. The van der Waals surface area contributed by atoms with Crippen molar-refractivity contribution in [3.8, 4) is 0 Å². The van der Waals surface area contributed by atoms with E-state index >= 15 is 0 Å². The number of carbonyl (C=O) groups excluding carboxylic acids is 1. The number of nitrogens with zero attached hydrogens (tertiary/aromatic N) is 1. The van der Waals surface area contributed by atoms with Gasteiger partial charge in [0.05, 0.1) is 0 Å². The van der Waals surface area contributed by atoms with E-state index in [-0.39, 0.29) is 0 Å². The lowest BCUT2D eigenvalue weighted by Crippen LogP contribution is -2.44. The lowest BCUT2D eigenvalue weighted by molar-refractivity contribution is -0.136. The van der Waals surface area contributed by atoms with Crippen molar-refractivity contribution in [1.82, 2.24) is 10.2 Å². The zero-order valence-electron chi connectivity index (χ0n) is 14.1. The Balaban J connectivity index is 1.19. The third kappa shape index (κ3) is 3.63. The fourth-order valence-electron chi connectivity index (χ4n) is 5.03. The Morgan fingerprint density at radius 1 is 1.09 bits per heavy atom. The van der Waals surface area contributed by atoms with Crippen molar-refractivity contribution >= 4 is 17.7 Å². The Morgan fingerprint density at radius 3 is 2.52 bits per heavy atom. The maximum absolute atomic E-state index is 12.6. The predicted molar refractivity (Wildman–Crippen MR) is 96.5 cm³/mol. The van der Waals surface area contributed by atoms with Gasteiger partial charge in [-0.1, -0.05) is 12.2 Å². The van der Waals surface area contributed by atoms with E-state index in [4.69, 9.17) is 0 Å². The second kappa shape index (κ2) is 7.18. The van der Waals surface area contributed by atoms with Gasteiger partial charge in [-0.2, -0.15) is 11.8 Å². The highest BCUT2D eigenvalue weighted by atomic mass is 32.2. The molecule has 0 aromatic heterocycles. The lowest BCUT2D eigenvalue weighted by Gasteiger charge is -2.34. The van der Waals surface area contributed by atoms with Crippen LogP contribution in [-0.2, 0) is 4.79 Å². The summed E-state index contributed by atoms with van der Waals surface area (Å²) in [5, 5.41) is 3.83. The molecule has 4 rings (SSSR count). The number of nitrogens with one attached hydrogen (secondary N) is 1. The highest BCUT2D eigenvalue weighted by Crippen LogP contribution is 2.43. The van der Waals surface area contributed by atoms with Gasteiger partial charge >= 0.3 is 0 Å². The van der Waals surface area contributed by atoms with Crippen LogP contribution in [0.25, 0.3) is 0 Å². The van der Waals surface area contributed by atoms with Gasteiger partial charge in [0, 0.05) is 36.6 Å². The van der Waals surface area contributed by atoms with Gasteiger partial charge in [0.15, 0.2) is 0 Å². The van der Waals surface area contributed by atoms with Crippen molar-refractivity contribution in [2.75, 3.05) is 31.1 Å². The molecule has 1 N–H and O–H groups in total. The van der Waals surface area contributed by atoms with E-state index in [2.05, 4.69) is 22.4 Å². The highest BCUT2D eigenvalue weighted by Gasteiger charge is 2.36. The number of allylic oxidation sites excluding steroid dienone is 2. The van der Waals surface area contributed by atoms with E-state index in [0.29, 0.717) is 17.9 Å². The third-order valence-electron chi connectivity index (χ3n) is 6.48. The molecular weight excluding hydrogens is 304 g/mol. The van der Waals surface area contributed by atoms with Crippen molar-refractivity contribution in [3.05, 3.63) is 12.2 Å². The van der Waals surface area contributed by atoms with Crippen LogP contribution in [0.15, 0.2) is 12.2 Å². The summed E-state index contributed by atoms with van der Waals surface area (Å²) in [6, 6.07) is 0.652. The van der Waals surface area contributed by atoms with E-state index in [1.165, 1.54) is 32.2 Å². The zero-order valence-corrected chi connectivity index (χ0v) is 14.9. The van der Waals surface area contributed by atoms with Crippen molar-refractivity contribution in [2.45, 2.75) is 44.6 Å². The van der Waals surface area contributed by atoms with E-state index in [0.717, 1.165) is 55.2 Å². The zero-order chi connectivity index (χ0) is 15.6. The van der Waals surface area contributed by atoms with Gasteiger partial charge in [0.25, 0.3) is 0 Å². The van der Waals surface area contributed by atoms with E-state index in [1.54, 1.807) is 0 Å². The normalized spacial score (nSPS) is 39.8. The topological polar surface area (TPSA) is 32.3 Å². The van der Waals surface area contributed by atoms with Gasteiger partial charge in [0.1, 0.15) is 0 Å². The molecular formula is C19H30N2OS. The van der Waals surface area contributed by atoms with E-state index < -0.39 is 0 Å². The second-order valence-corrected chi connectivity index (χ2v) is 9.16. The number of thioether (sulfide) groups is 1. The van der Waals surface area contributed by atoms with Crippen LogP contribution >= 0.6 is 11.8 Å². The fraction of sp³-hybridized carbons (Fsp3) is 0.842. The molecule has 0 aromatic carbocycles. The summed E-state index contributed by atoms with van der Waals surface area (Å²) < 4.78 is 0. The quantitative estimate of drug-likeness (QED) is 0.802. The first kappa shape index (κ1) is 16.0. The number of hydrogen-bond donors (Lipinski definition) is 1. The molecule has 128 valence electrons. The molecule has 1 aliphatic heterocycles. The van der Waals surface area contributed by atoms with Crippen molar-refractivity contribution in [1.29, 1.82) is 0 Å². The third-order valence-corrected chi connectivity index (χ3v) is 7.43. The minimum absolute atomic E-state index is 0.307. The molecule has 1 heterocycles. The Kier molecular flexibility index (Phi) is 5.00. The fourth-order valence-corrected chi connectivity index (χ4v) is 5.94. The SMILES string of the molecule is O=C(C1CCC(NC[C@@H]2C[C@H]3C=C[C@H]2C3)CC1)N1CCSCC1. The van der Waals surface area contributed by atoms with Crippen LogP contribution in [-0.4, -0.2) is 48.0 Å². The second-order valence-electron chi connectivity index (χ2n) is 7.93. The van der Waals surface area contributed by atoms with Crippen LogP contribution in [0, 0.1) is 23.7 Å². The molecule has 0 radical (unpaired) electrons. The maximum atomic E-state index is 12.6. The molecule has 1 saturated heterocycles. The average molecular weight is 335 g/mol. The molecule has 3 fully saturated rings. The number of carbonyl (C=O) groups is 1. The highest BCUT2D eigenvalue weighted by molar-refractivity contribution is 7.99. The van der Waals surface area contributed by atoms with Gasteiger partial charge in [-0.3, -0.25) is 4.79 Å². The number of amides is 1. The molecule has 3 atom stereocenters. The van der Waals surface area contributed by atoms with Crippen LogP contribution in [0.3, 0.4) is 0 Å². The predicted octanol–water partition coefficient (Wildman–Crippen LogP) is 2.92. The standard InChI is InChI=1S/C19H30N2OS/c22-19(21-7-9-23-10-8-21)15-3-5-18(6-4-15)20-13-17-12-14-1-2-16(17)11-14/h1-2,14-18,20H,3-13H2/t14-,15?,16-,17-,18?/m0/s1. The summed E-state index contributed by atoms with van der Waals surface area (Å²) in [7, 11) is 0. The number of hydrogen-bond acceptors (Lipinski definition) is 3. The average Bonchev–Trinajstić information content (AvgIpc) is 3.24. The van der Waals surface area contributed by atoms with Gasteiger partial charge in [0.2, 0.25) is 5.91 Å². The first-order valence-electron chi connectivity index (χ1n) is 9.58. The molecule has 0 unspecified atom stereocenters. The van der Waals surface area contributed by atoms with Crippen LogP contribution < -0.4 is 5.32 Å². The summed E-state index contributed by atoms with van der Waals surface area (Å²) in [5.74, 6) is 5.60. The molecule has 2 saturated carbocycles. The minimum atomic E-state index is 0.307. The smallest absolute Gasteiger partial charge is 0.225 e. The molecule has 0 spiro atoms.